The largest absolute Gasteiger partial charge is 0.497 e. The van der Waals surface area contributed by atoms with Crippen LogP contribution < -0.4 is 10.1 Å². The zero-order valence-corrected chi connectivity index (χ0v) is 14.9. The molecular formula is C19H14ClN3OS. The molecule has 0 saturated carbocycles. The number of allylic oxidation sites excluding steroid dienone is 1. The molecule has 0 aliphatic carbocycles. The van der Waals surface area contributed by atoms with E-state index >= 15 is 0 Å². The lowest BCUT2D eigenvalue weighted by Crippen LogP contribution is -1.92. The number of nitrogens with one attached hydrogen (secondary N) is 1. The fourth-order valence-electron chi connectivity index (χ4n) is 2.16. The van der Waals surface area contributed by atoms with Crippen LogP contribution in [-0.2, 0) is 0 Å². The van der Waals surface area contributed by atoms with Gasteiger partial charge in [-0.25, -0.2) is 4.98 Å². The summed E-state index contributed by atoms with van der Waals surface area (Å²) in [6.07, 6.45) is 1.65. The fraction of sp³-hybridized carbons (Fsp3) is 0.0526. The number of aromatic nitrogens is 1. The van der Waals surface area contributed by atoms with Crippen LogP contribution in [0.1, 0.15) is 5.01 Å². The summed E-state index contributed by atoms with van der Waals surface area (Å²) in [5.74, 6) is 0.746. The van der Waals surface area contributed by atoms with E-state index in [1.165, 1.54) is 11.3 Å². The van der Waals surface area contributed by atoms with Crippen LogP contribution in [0, 0.1) is 11.3 Å². The van der Waals surface area contributed by atoms with Crippen molar-refractivity contribution in [2.24, 2.45) is 0 Å². The molecule has 124 valence electrons. The highest BCUT2D eigenvalue weighted by Gasteiger charge is 2.09. The lowest BCUT2D eigenvalue weighted by Gasteiger charge is -2.04. The summed E-state index contributed by atoms with van der Waals surface area (Å²) >= 11 is 7.34. The van der Waals surface area contributed by atoms with Crippen LogP contribution in [0.25, 0.3) is 16.8 Å². The molecule has 1 N–H and O–H groups in total. The van der Waals surface area contributed by atoms with E-state index < -0.39 is 0 Å². The van der Waals surface area contributed by atoms with Crippen molar-refractivity contribution in [3.63, 3.8) is 0 Å². The maximum Gasteiger partial charge on any atom is 0.136 e. The summed E-state index contributed by atoms with van der Waals surface area (Å²) in [5, 5.41) is 15.8. The molecule has 0 amide bonds. The number of nitriles is 1. The average molecular weight is 368 g/mol. The van der Waals surface area contributed by atoms with Gasteiger partial charge in [0.25, 0.3) is 0 Å². The highest BCUT2D eigenvalue weighted by Crippen LogP contribution is 2.27. The third-order valence-electron chi connectivity index (χ3n) is 3.45. The van der Waals surface area contributed by atoms with Gasteiger partial charge in [-0.1, -0.05) is 29.8 Å². The zero-order chi connectivity index (χ0) is 17.6. The first-order valence-electron chi connectivity index (χ1n) is 7.42. The third kappa shape index (κ3) is 4.18. The molecule has 0 fully saturated rings. The quantitative estimate of drug-likeness (QED) is 0.609. The molecule has 0 saturated heterocycles. The van der Waals surface area contributed by atoms with Crippen molar-refractivity contribution in [3.05, 3.63) is 70.1 Å². The first-order chi connectivity index (χ1) is 12.2. The molecule has 0 spiro atoms. The summed E-state index contributed by atoms with van der Waals surface area (Å²) in [7, 11) is 1.61. The van der Waals surface area contributed by atoms with Crippen molar-refractivity contribution in [1.29, 1.82) is 5.26 Å². The van der Waals surface area contributed by atoms with E-state index in [0.29, 0.717) is 15.6 Å². The third-order valence-corrected chi connectivity index (χ3v) is 4.58. The number of nitrogens with zero attached hydrogens (tertiary/aromatic N) is 2. The Morgan fingerprint density at radius 3 is 2.80 bits per heavy atom. The molecule has 0 aliphatic heterocycles. The van der Waals surface area contributed by atoms with E-state index in [9.17, 15) is 5.26 Å². The minimum Gasteiger partial charge on any atom is -0.497 e. The number of hydrogen-bond donors (Lipinski definition) is 1. The Bertz CT molecular complexity index is 942. The monoisotopic (exact) mass is 367 g/mol. The predicted molar refractivity (Wildman–Crippen MR) is 103 cm³/mol. The minimum atomic E-state index is 0.466. The Balaban J connectivity index is 1.81. The molecule has 0 aliphatic rings. The number of thiazole rings is 1. The summed E-state index contributed by atoms with van der Waals surface area (Å²) in [4.78, 5) is 4.55. The predicted octanol–water partition coefficient (Wildman–Crippen LogP) is 5.45. The van der Waals surface area contributed by atoms with Gasteiger partial charge in [-0.3, -0.25) is 0 Å². The molecule has 6 heteroatoms. The molecule has 0 atom stereocenters. The Hall–Kier alpha value is -2.81. The highest BCUT2D eigenvalue weighted by atomic mass is 35.5. The van der Waals surface area contributed by atoms with Gasteiger partial charge in [0.15, 0.2) is 0 Å². The molecular weight excluding hydrogens is 354 g/mol. The van der Waals surface area contributed by atoms with Gasteiger partial charge in [0.1, 0.15) is 22.4 Å². The zero-order valence-electron chi connectivity index (χ0n) is 13.4. The second-order valence-electron chi connectivity index (χ2n) is 5.09. The van der Waals surface area contributed by atoms with E-state index in [-0.39, 0.29) is 0 Å². The van der Waals surface area contributed by atoms with Crippen LogP contribution in [0.15, 0.2) is 60.1 Å². The number of benzene rings is 2. The maximum atomic E-state index is 9.44. The van der Waals surface area contributed by atoms with Crippen molar-refractivity contribution in [1.82, 2.24) is 4.98 Å². The van der Waals surface area contributed by atoms with Crippen LogP contribution in [0.2, 0.25) is 5.02 Å². The van der Waals surface area contributed by atoms with E-state index in [1.54, 1.807) is 13.3 Å². The maximum absolute atomic E-state index is 9.44. The van der Waals surface area contributed by atoms with Gasteiger partial charge in [0, 0.05) is 33.9 Å². The highest BCUT2D eigenvalue weighted by molar-refractivity contribution is 7.11. The molecule has 3 rings (SSSR count). The topological polar surface area (TPSA) is 57.9 Å². The average Bonchev–Trinajstić information content (AvgIpc) is 3.13. The van der Waals surface area contributed by atoms with E-state index in [0.717, 1.165) is 22.7 Å². The van der Waals surface area contributed by atoms with E-state index in [4.69, 9.17) is 16.3 Å². The number of hydrogen-bond acceptors (Lipinski definition) is 5. The van der Waals surface area contributed by atoms with E-state index in [1.807, 2.05) is 53.9 Å². The Kier molecular flexibility index (Phi) is 5.34. The van der Waals surface area contributed by atoms with Gasteiger partial charge in [0.05, 0.1) is 12.8 Å². The van der Waals surface area contributed by atoms with Gasteiger partial charge in [-0.05, 0) is 24.3 Å². The van der Waals surface area contributed by atoms with Gasteiger partial charge in [0.2, 0.25) is 0 Å². The Morgan fingerprint density at radius 2 is 2.08 bits per heavy atom. The van der Waals surface area contributed by atoms with Gasteiger partial charge < -0.3 is 10.1 Å². The summed E-state index contributed by atoms with van der Waals surface area (Å²) in [6.45, 7) is 0. The van der Waals surface area contributed by atoms with Crippen molar-refractivity contribution in [3.8, 4) is 23.1 Å². The lowest BCUT2D eigenvalue weighted by molar-refractivity contribution is 0.415. The van der Waals surface area contributed by atoms with Crippen molar-refractivity contribution in [2.75, 3.05) is 12.4 Å². The molecule has 4 nitrogen and oxygen atoms in total. The Labute approximate surface area is 155 Å². The molecule has 0 unspecified atom stereocenters. The fourth-order valence-corrected chi connectivity index (χ4v) is 3.08. The van der Waals surface area contributed by atoms with E-state index in [2.05, 4.69) is 16.4 Å². The van der Waals surface area contributed by atoms with Crippen LogP contribution in [0.4, 0.5) is 5.69 Å². The number of ether oxygens (including phenoxy) is 1. The normalized spacial score (nSPS) is 11.0. The second kappa shape index (κ2) is 7.84. The number of anilines is 1. The first-order valence-corrected chi connectivity index (χ1v) is 8.68. The van der Waals surface area contributed by atoms with Crippen molar-refractivity contribution in [2.45, 2.75) is 0 Å². The molecule has 3 aromatic rings. The summed E-state index contributed by atoms with van der Waals surface area (Å²) < 4.78 is 5.19. The summed E-state index contributed by atoms with van der Waals surface area (Å²) in [5.41, 5.74) is 3.08. The smallest absolute Gasteiger partial charge is 0.136 e. The van der Waals surface area contributed by atoms with Crippen LogP contribution >= 0.6 is 22.9 Å². The molecule has 1 aromatic heterocycles. The van der Waals surface area contributed by atoms with Crippen molar-refractivity contribution < 1.29 is 4.74 Å². The SMILES string of the molecule is COc1cccc(NC=C(C#N)c2nc(-c3ccc(Cl)cc3)cs2)c1. The summed E-state index contributed by atoms with van der Waals surface area (Å²) in [6, 6.07) is 17.1. The molecule has 0 radical (unpaired) electrons. The van der Waals surface area contributed by atoms with Crippen LogP contribution in [-0.4, -0.2) is 12.1 Å². The van der Waals surface area contributed by atoms with Gasteiger partial charge >= 0.3 is 0 Å². The first kappa shape index (κ1) is 17.0. The molecule has 25 heavy (non-hydrogen) atoms. The standard InChI is InChI=1S/C19H14ClN3OS/c1-24-17-4-2-3-16(9-17)22-11-14(10-21)19-23-18(12-25-19)13-5-7-15(20)8-6-13/h2-9,11-12,22H,1H3. The lowest BCUT2D eigenvalue weighted by atomic mass is 10.2. The molecule has 1 heterocycles. The molecule has 2 aromatic carbocycles. The second-order valence-corrected chi connectivity index (χ2v) is 6.39. The molecule has 0 bridgehead atoms. The van der Waals surface area contributed by atoms with Gasteiger partial charge in [-0.15, -0.1) is 11.3 Å². The number of halogens is 1. The van der Waals surface area contributed by atoms with Crippen LogP contribution in [0.5, 0.6) is 5.75 Å². The number of methoxy groups -OCH3 is 1. The van der Waals surface area contributed by atoms with Crippen molar-refractivity contribution >= 4 is 34.2 Å². The Morgan fingerprint density at radius 1 is 1.28 bits per heavy atom. The van der Waals surface area contributed by atoms with Gasteiger partial charge in [-0.2, -0.15) is 5.26 Å². The minimum absolute atomic E-state index is 0.466. The van der Waals surface area contributed by atoms with Crippen LogP contribution in [0.3, 0.4) is 0 Å². The number of rotatable bonds is 5.